The molecule has 4 heteroatoms. The number of carbonyl (C=O) groups excluding carboxylic acids is 1. The number of ether oxygens (including phenoxy) is 2. The van der Waals surface area contributed by atoms with Gasteiger partial charge in [-0.3, -0.25) is 0 Å². The fourth-order valence-corrected chi connectivity index (χ4v) is 1.93. The van der Waals surface area contributed by atoms with Crippen LogP contribution in [0, 0.1) is 6.92 Å². The average Bonchev–Trinajstić information content (AvgIpc) is 2.46. The molecule has 0 N–H and O–H groups in total. The van der Waals surface area contributed by atoms with E-state index in [0.717, 1.165) is 16.9 Å². The molecule has 0 unspecified atom stereocenters. The van der Waals surface area contributed by atoms with Crippen molar-refractivity contribution in [2.75, 3.05) is 6.61 Å². The summed E-state index contributed by atoms with van der Waals surface area (Å²) in [4.78, 5) is 15.7. The highest BCUT2D eigenvalue weighted by Gasteiger charge is 2.11. The monoisotopic (exact) mass is 285 g/mol. The topological polar surface area (TPSA) is 48.4 Å². The molecule has 4 nitrogen and oxygen atoms in total. The molecular formula is C17H19NO3. The van der Waals surface area contributed by atoms with Gasteiger partial charge < -0.3 is 9.47 Å². The van der Waals surface area contributed by atoms with Gasteiger partial charge in [0.2, 0.25) is 5.88 Å². The number of aromatic nitrogens is 1. The SMILES string of the molecule is Cc1ccc(C(C)C)c(OCC(=O)Oc2ccccn2)c1. The van der Waals surface area contributed by atoms with E-state index in [9.17, 15) is 4.79 Å². The van der Waals surface area contributed by atoms with Crippen molar-refractivity contribution in [3.8, 4) is 11.6 Å². The van der Waals surface area contributed by atoms with Crippen molar-refractivity contribution in [3.63, 3.8) is 0 Å². The molecule has 1 aromatic heterocycles. The van der Waals surface area contributed by atoms with Crippen molar-refractivity contribution in [2.24, 2.45) is 0 Å². The predicted molar refractivity (Wildman–Crippen MR) is 80.6 cm³/mol. The van der Waals surface area contributed by atoms with E-state index in [0.29, 0.717) is 5.92 Å². The third kappa shape index (κ3) is 4.31. The number of aryl methyl sites for hydroxylation is 1. The summed E-state index contributed by atoms with van der Waals surface area (Å²) < 4.78 is 10.7. The van der Waals surface area contributed by atoms with Crippen LogP contribution in [0.3, 0.4) is 0 Å². The van der Waals surface area contributed by atoms with Gasteiger partial charge in [-0.1, -0.05) is 32.0 Å². The van der Waals surface area contributed by atoms with Crippen LogP contribution in [0.1, 0.15) is 30.9 Å². The van der Waals surface area contributed by atoms with E-state index >= 15 is 0 Å². The normalized spacial score (nSPS) is 10.5. The smallest absolute Gasteiger partial charge is 0.350 e. The van der Waals surface area contributed by atoms with Crippen LogP contribution in [0.4, 0.5) is 0 Å². The number of nitrogens with zero attached hydrogens (tertiary/aromatic N) is 1. The molecule has 0 spiro atoms. The molecule has 0 atom stereocenters. The van der Waals surface area contributed by atoms with E-state index in [-0.39, 0.29) is 12.5 Å². The highest BCUT2D eigenvalue weighted by molar-refractivity contribution is 5.73. The Bertz CT molecular complexity index is 609. The van der Waals surface area contributed by atoms with E-state index in [1.807, 2.05) is 25.1 Å². The number of hydrogen-bond acceptors (Lipinski definition) is 4. The summed E-state index contributed by atoms with van der Waals surface area (Å²) in [5.41, 5.74) is 2.17. The maximum Gasteiger partial charge on any atom is 0.350 e. The van der Waals surface area contributed by atoms with Gasteiger partial charge in [0, 0.05) is 12.3 Å². The standard InChI is InChI=1S/C17H19NO3/c1-12(2)14-8-7-13(3)10-15(14)20-11-17(19)21-16-6-4-5-9-18-16/h4-10,12H,11H2,1-3H3. The van der Waals surface area contributed by atoms with Crippen molar-refractivity contribution in [1.29, 1.82) is 0 Å². The highest BCUT2D eigenvalue weighted by atomic mass is 16.6. The number of esters is 1. The summed E-state index contributed by atoms with van der Waals surface area (Å²) in [6.07, 6.45) is 1.57. The minimum absolute atomic E-state index is 0.139. The fourth-order valence-electron chi connectivity index (χ4n) is 1.93. The molecule has 2 aromatic rings. The zero-order valence-corrected chi connectivity index (χ0v) is 12.5. The molecule has 0 saturated heterocycles. The van der Waals surface area contributed by atoms with E-state index < -0.39 is 5.97 Å². The molecule has 0 amide bonds. The van der Waals surface area contributed by atoms with Crippen LogP contribution in [-0.4, -0.2) is 17.6 Å². The summed E-state index contributed by atoms with van der Waals surface area (Å²) in [5.74, 6) is 0.861. The molecule has 21 heavy (non-hydrogen) atoms. The Morgan fingerprint density at radius 1 is 1.24 bits per heavy atom. The lowest BCUT2D eigenvalue weighted by Gasteiger charge is -2.14. The first-order valence-corrected chi connectivity index (χ1v) is 6.91. The maximum absolute atomic E-state index is 11.8. The lowest BCUT2D eigenvalue weighted by molar-refractivity contribution is -0.136. The Kier molecular flexibility index (Phi) is 4.93. The molecule has 0 aliphatic heterocycles. The van der Waals surface area contributed by atoms with E-state index in [2.05, 4.69) is 18.8 Å². The molecule has 1 aromatic carbocycles. The van der Waals surface area contributed by atoms with Gasteiger partial charge in [0.05, 0.1) is 0 Å². The van der Waals surface area contributed by atoms with Crippen molar-refractivity contribution >= 4 is 5.97 Å². The zero-order valence-electron chi connectivity index (χ0n) is 12.5. The van der Waals surface area contributed by atoms with Crippen molar-refractivity contribution < 1.29 is 14.3 Å². The number of benzene rings is 1. The second-order valence-electron chi connectivity index (χ2n) is 5.13. The third-order valence-electron chi connectivity index (χ3n) is 2.99. The Balaban J connectivity index is 1.99. The van der Waals surface area contributed by atoms with Crippen LogP contribution in [-0.2, 0) is 4.79 Å². The molecule has 0 bridgehead atoms. The minimum atomic E-state index is -0.468. The third-order valence-corrected chi connectivity index (χ3v) is 2.99. The maximum atomic E-state index is 11.8. The largest absolute Gasteiger partial charge is 0.482 e. The van der Waals surface area contributed by atoms with Gasteiger partial charge in [-0.2, -0.15) is 0 Å². The summed E-state index contributed by atoms with van der Waals surface area (Å²) in [6, 6.07) is 11.1. The summed E-state index contributed by atoms with van der Waals surface area (Å²) in [7, 11) is 0. The van der Waals surface area contributed by atoms with E-state index in [4.69, 9.17) is 9.47 Å². The quantitative estimate of drug-likeness (QED) is 0.789. The molecule has 2 rings (SSSR count). The van der Waals surface area contributed by atoms with E-state index in [1.54, 1.807) is 24.4 Å². The molecule has 0 radical (unpaired) electrons. The van der Waals surface area contributed by atoms with Gasteiger partial charge in [-0.05, 0) is 36.1 Å². The molecule has 110 valence electrons. The van der Waals surface area contributed by atoms with E-state index in [1.165, 1.54) is 0 Å². The van der Waals surface area contributed by atoms with Crippen LogP contribution in [0.2, 0.25) is 0 Å². The Morgan fingerprint density at radius 2 is 2.05 bits per heavy atom. The summed E-state index contributed by atoms with van der Waals surface area (Å²) in [6.45, 7) is 6.02. The zero-order chi connectivity index (χ0) is 15.2. The van der Waals surface area contributed by atoms with Crippen molar-refractivity contribution in [1.82, 2.24) is 4.98 Å². The molecular weight excluding hydrogens is 266 g/mol. The molecule has 0 saturated carbocycles. The molecule has 0 fully saturated rings. The van der Waals surface area contributed by atoms with Crippen LogP contribution in [0.5, 0.6) is 11.6 Å². The lowest BCUT2D eigenvalue weighted by atomic mass is 10.0. The van der Waals surface area contributed by atoms with Gasteiger partial charge in [-0.25, -0.2) is 9.78 Å². The first kappa shape index (κ1) is 15.0. The Labute approximate surface area is 124 Å². The van der Waals surface area contributed by atoms with Gasteiger partial charge in [0.15, 0.2) is 6.61 Å². The number of carbonyl (C=O) groups is 1. The van der Waals surface area contributed by atoms with Gasteiger partial charge in [0.25, 0.3) is 0 Å². The van der Waals surface area contributed by atoms with Gasteiger partial charge in [-0.15, -0.1) is 0 Å². The van der Waals surface area contributed by atoms with Crippen molar-refractivity contribution in [3.05, 3.63) is 53.7 Å². The van der Waals surface area contributed by atoms with Gasteiger partial charge in [0.1, 0.15) is 5.75 Å². The van der Waals surface area contributed by atoms with Crippen LogP contribution < -0.4 is 9.47 Å². The highest BCUT2D eigenvalue weighted by Crippen LogP contribution is 2.27. The molecule has 0 aliphatic rings. The molecule has 1 heterocycles. The van der Waals surface area contributed by atoms with Gasteiger partial charge >= 0.3 is 5.97 Å². The second-order valence-corrected chi connectivity index (χ2v) is 5.13. The number of pyridine rings is 1. The predicted octanol–water partition coefficient (Wildman–Crippen LogP) is 3.50. The van der Waals surface area contributed by atoms with Crippen molar-refractivity contribution in [2.45, 2.75) is 26.7 Å². The second kappa shape index (κ2) is 6.88. The minimum Gasteiger partial charge on any atom is -0.482 e. The summed E-state index contributed by atoms with van der Waals surface area (Å²) in [5, 5.41) is 0. The number of rotatable bonds is 5. The van der Waals surface area contributed by atoms with Crippen LogP contribution in [0.25, 0.3) is 0 Å². The Morgan fingerprint density at radius 3 is 2.71 bits per heavy atom. The first-order valence-electron chi connectivity index (χ1n) is 6.91. The first-order chi connectivity index (χ1) is 10.1. The summed E-state index contributed by atoms with van der Waals surface area (Å²) >= 11 is 0. The molecule has 0 aliphatic carbocycles. The fraction of sp³-hybridized carbons (Fsp3) is 0.294. The van der Waals surface area contributed by atoms with Crippen LogP contribution >= 0.6 is 0 Å². The lowest BCUT2D eigenvalue weighted by Crippen LogP contribution is -2.18. The average molecular weight is 285 g/mol. The number of hydrogen-bond donors (Lipinski definition) is 0. The Hall–Kier alpha value is -2.36. The van der Waals surface area contributed by atoms with Crippen LogP contribution in [0.15, 0.2) is 42.6 Å².